The summed E-state index contributed by atoms with van der Waals surface area (Å²) in [5.74, 6) is -0.126. The van der Waals surface area contributed by atoms with Crippen LogP contribution < -0.4 is 11.1 Å². The summed E-state index contributed by atoms with van der Waals surface area (Å²) in [5.41, 5.74) is 5.35. The molecule has 1 unspecified atom stereocenters. The van der Waals surface area contributed by atoms with E-state index in [0.29, 0.717) is 13.2 Å². The number of ether oxygens (including phenoxy) is 1. The molecule has 0 heterocycles. The summed E-state index contributed by atoms with van der Waals surface area (Å²) in [6.45, 7) is 5.65. The van der Waals surface area contributed by atoms with Crippen molar-refractivity contribution in [3.8, 4) is 0 Å². The first-order valence-electron chi connectivity index (χ1n) is 4.79. The zero-order chi connectivity index (χ0) is 10.1. The summed E-state index contributed by atoms with van der Waals surface area (Å²) in [6.07, 6.45) is 2.20. The average molecular weight is 188 g/mol. The first kappa shape index (κ1) is 12.4. The van der Waals surface area contributed by atoms with Crippen molar-refractivity contribution in [2.24, 2.45) is 5.73 Å². The van der Waals surface area contributed by atoms with Crippen molar-refractivity contribution in [2.45, 2.75) is 32.7 Å². The highest BCUT2D eigenvalue weighted by Crippen LogP contribution is 1.86. The molecule has 0 saturated heterocycles. The van der Waals surface area contributed by atoms with Crippen molar-refractivity contribution < 1.29 is 9.53 Å². The molecule has 4 nitrogen and oxygen atoms in total. The van der Waals surface area contributed by atoms with E-state index < -0.39 is 6.04 Å². The third-order valence-electron chi connectivity index (χ3n) is 1.60. The number of carbonyl (C=O) groups is 1. The SMILES string of the molecule is CCCCOCCNC(=O)C(C)N. The van der Waals surface area contributed by atoms with Gasteiger partial charge in [-0.3, -0.25) is 4.79 Å². The van der Waals surface area contributed by atoms with E-state index in [-0.39, 0.29) is 5.91 Å². The van der Waals surface area contributed by atoms with E-state index in [0.717, 1.165) is 19.4 Å². The Morgan fingerprint density at radius 1 is 1.54 bits per heavy atom. The van der Waals surface area contributed by atoms with Gasteiger partial charge in [0.2, 0.25) is 5.91 Å². The third-order valence-corrected chi connectivity index (χ3v) is 1.60. The molecule has 0 aromatic heterocycles. The van der Waals surface area contributed by atoms with Crippen molar-refractivity contribution in [3.63, 3.8) is 0 Å². The van der Waals surface area contributed by atoms with Crippen LogP contribution in [0.3, 0.4) is 0 Å². The molecule has 3 N–H and O–H groups in total. The lowest BCUT2D eigenvalue weighted by atomic mass is 10.3. The molecular weight excluding hydrogens is 168 g/mol. The van der Waals surface area contributed by atoms with E-state index in [4.69, 9.17) is 10.5 Å². The first-order valence-corrected chi connectivity index (χ1v) is 4.79. The van der Waals surface area contributed by atoms with Crippen LogP contribution in [-0.2, 0) is 9.53 Å². The lowest BCUT2D eigenvalue weighted by molar-refractivity contribution is -0.122. The average Bonchev–Trinajstić information content (AvgIpc) is 2.10. The van der Waals surface area contributed by atoms with E-state index in [1.54, 1.807) is 6.92 Å². The molecule has 4 heteroatoms. The fourth-order valence-electron chi connectivity index (χ4n) is 0.756. The maximum absolute atomic E-state index is 10.9. The predicted octanol–water partition coefficient (Wildman–Crippen LogP) is 0.267. The second-order valence-corrected chi connectivity index (χ2v) is 3.05. The molecule has 0 rings (SSSR count). The van der Waals surface area contributed by atoms with Crippen molar-refractivity contribution in [3.05, 3.63) is 0 Å². The van der Waals surface area contributed by atoms with Crippen molar-refractivity contribution >= 4 is 5.91 Å². The molecule has 0 aliphatic carbocycles. The van der Waals surface area contributed by atoms with Crippen LogP contribution in [0.15, 0.2) is 0 Å². The second-order valence-electron chi connectivity index (χ2n) is 3.05. The van der Waals surface area contributed by atoms with Crippen LogP contribution in [0.1, 0.15) is 26.7 Å². The molecule has 0 spiro atoms. The summed E-state index contributed by atoms with van der Waals surface area (Å²) in [6, 6.07) is -0.435. The van der Waals surface area contributed by atoms with Gasteiger partial charge in [0.25, 0.3) is 0 Å². The minimum atomic E-state index is -0.435. The van der Waals surface area contributed by atoms with Crippen molar-refractivity contribution in [1.29, 1.82) is 0 Å². The number of carbonyl (C=O) groups excluding carboxylic acids is 1. The molecule has 13 heavy (non-hydrogen) atoms. The number of unbranched alkanes of at least 4 members (excludes halogenated alkanes) is 1. The molecule has 78 valence electrons. The van der Waals surface area contributed by atoms with Gasteiger partial charge in [-0.2, -0.15) is 0 Å². The summed E-state index contributed by atoms with van der Waals surface area (Å²) in [7, 11) is 0. The number of rotatable bonds is 7. The normalized spacial score (nSPS) is 12.5. The molecule has 0 aromatic rings. The zero-order valence-corrected chi connectivity index (χ0v) is 8.51. The predicted molar refractivity (Wildman–Crippen MR) is 52.4 cm³/mol. The molecule has 0 saturated carbocycles. The maximum Gasteiger partial charge on any atom is 0.236 e. The monoisotopic (exact) mass is 188 g/mol. The highest BCUT2D eigenvalue weighted by Gasteiger charge is 2.04. The van der Waals surface area contributed by atoms with Gasteiger partial charge in [-0.25, -0.2) is 0 Å². The molecule has 0 aromatic carbocycles. The van der Waals surface area contributed by atoms with E-state index in [2.05, 4.69) is 12.2 Å². The molecule has 1 atom stereocenters. The Morgan fingerprint density at radius 3 is 2.77 bits per heavy atom. The summed E-state index contributed by atoms with van der Waals surface area (Å²) < 4.78 is 5.25. The van der Waals surface area contributed by atoms with Gasteiger partial charge in [0.05, 0.1) is 12.6 Å². The van der Waals surface area contributed by atoms with E-state index in [9.17, 15) is 4.79 Å². The van der Waals surface area contributed by atoms with Gasteiger partial charge in [-0.05, 0) is 13.3 Å². The van der Waals surface area contributed by atoms with E-state index >= 15 is 0 Å². The maximum atomic E-state index is 10.9. The fourth-order valence-corrected chi connectivity index (χ4v) is 0.756. The smallest absolute Gasteiger partial charge is 0.236 e. The Kier molecular flexibility index (Phi) is 7.63. The first-order chi connectivity index (χ1) is 6.18. The van der Waals surface area contributed by atoms with Gasteiger partial charge in [0.1, 0.15) is 0 Å². The highest BCUT2D eigenvalue weighted by atomic mass is 16.5. The standard InChI is InChI=1S/C9H20N2O2/c1-3-4-6-13-7-5-11-9(12)8(2)10/h8H,3-7,10H2,1-2H3,(H,11,12). The Morgan fingerprint density at radius 2 is 2.23 bits per heavy atom. The van der Waals surface area contributed by atoms with E-state index in [1.807, 2.05) is 0 Å². The molecule has 1 amide bonds. The molecular formula is C9H20N2O2. The number of nitrogens with one attached hydrogen (secondary N) is 1. The summed E-state index contributed by atoms with van der Waals surface area (Å²) in [5, 5.41) is 2.67. The minimum absolute atomic E-state index is 0.126. The summed E-state index contributed by atoms with van der Waals surface area (Å²) >= 11 is 0. The lowest BCUT2D eigenvalue weighted by Crippen LogP contribution is -2.39. The topological polar surface area (TPSA) is 64.3 Å². The number of hydrogen-bond acceptors (Lipinski definition) is 3. The van der Waals surface area contributed by atoms with Crippen molar-refractivity contribution in [1.82, 2.24) is 5.32 Å². The zero-order valence-electron chi connectivity index (χ0n) is 8.51. The fraction of sp³-hybridized carbons (Fsp3) is 0.889. The van der Waals surface area contributed by atoms with Crippen molar-refractivity contribution in [2.75, 3.05) is 19.8 Å². The molecule has 0 bridgehead atoms. The molecule has 0 radical (unpaired) electrons. The van der Waals surface area contributed by atoms with Crippen LogP contribution in [0.4, 0.5) is 0 Å². The van der Waals surface area contributed by atoms with Crippen LogP contribution in [0.2, 0.25) is 0 Å². The Labute approximate surface area is 79.8 Å². The summed E-state index contributed by atoms with van der Waals surface area (Å²) in [4.78, 5) is 10.9. The van der Waals surface area contributed by atoms with Gasteiger partial charge < -0.3 is 15.8 Å². The van der Waals surface area contributed by atoms with Crippen LogP contribution in [0.5, 0.6) is 0 Å². The van der Waals surface area contributed by atoms with Crippen LogP contribution >= 0.6 is 0 Å². The lowest BCUT2D eigenvalue weighted by Gasteiger charge is -2.07. The molecule has 0 aliphatic heterocycles. The Bertz CT molecular complexity index is 138. The highest BCUT2D eigenvalue weighted by molar-refractivity contribution is 5.80. The number of nitrogens with two attached hydrogens (primary N) is 1. The van der Waals surface area contributed by atoms with Crippen LogP contribution in [-0.4, -0.2) is 31.7 Å². The molecule has 0 aliphatic rings. The number of amides is 1. The van der Waals surface area contributed by atoms with Gasteiger partial charge in [-0.1, -0.05) is 13.3 Å². The van der Waals surface area contributed by atoms with Gasteiger partial charge in [0.15, 0.2) is 0 Å². The number of hydrogen-bond donors (Lipinski definition) is 2. The van der Waals surface area contributed by atoms with E-state index in [1.165, 1.54) is 0 Å². The molecule has 0 fully saturated rings. The van der Waals surface area contributed by atoms with Gasteiger partial charge >= 0.3 is 0 Å². The Balaban J connectivity index is 3.12. The quantitative estimate of drug-likeness (QED) is 0.563. The Hall–Kier alpha value is -0.610. The van der Waals surface area contributed by atoms with Crippen LogP contribution in [0.25, 0.3) is 0 Å². The van der Waals surface area contributed by atoms with Gasteiger partial charge in [0, 0.05) is 13.2 Å². The third kappa shape index (κ3) is 7.74. The van der Waals surface area contributed by atoms with Gasteiger partial charge in [-0.15, -0.1) is 0 Å². The van der Waals surface area contributed by atoms with Crippen LogP contribution in [0, 0.1) is 0 Å². The largest absolute Gasteiger partial charge is 0.380 e. The minimum Gasteiger partial charge on any atom is -0.380 e. The second kappa shape index (κ2) is 8.01.